The summed E-state index contributed by atoms with van der Waals surface area (Å²) in [6.07, 6.45) is 0. The zero-order chi connectivity index (χ0) is 22.2. The zero-order valence-corrected chi connectivity index (χ0v) is 16.8. The van der Waals surface area contributed by atoms with E-state index in [-0.39, 0.29) is 17.0 Å². The monoisotopic (exact) mass is 425 g/mol. The number of nitrogens with zero attached hydrogens (tertiary/aromatic N) is 3. The van der Waals surface area contributed by atoms with E-state index in [4.69, 9.17) is 9.47 Å². The van der Waals surface area contributed by atoms with Crippen LogP contribution in [0.1, 0.15) is 31.3 Å². The number of imide groups is 1. The Bertz CT molecular complexity index is 1330. The Balaban J connectivity index is 1.38. The lowest BCUT2D eigenvalue weighted by molar-refractivity contribution is 0.0734. The lowest BCUT2D eigenvalue weighted by Crippen LogP contribution is -2.29. The van der Waals surface area contributed by atoms with Crippen molar-refractivity contribution in [2.45, 2.75) is 0 Å². The van der Waals surface area contributed by atoms with Crippen molar-refractivity contribution in [3.63, 3.8) is 0 Å². The highest BCUT2D eigenvalue weighted by atomic mass is 16.5. The number of aromatic nitrogens is 2. The summed E-state index contributed by atoms with van der Waals surface area (Å²) in [4.78, 5) is 47.8. The maximum absolute atomic E-state index is 12.9. The number of para-hydroxylation sites is 2. The molecule has 0 atom stereocenters. The number of hydrogen-bond acceptors (Lipinski definition) is 7. The van der Waals surface area contributed by atoms with Crippen LogP contribution < -0.4 is 14.4 Å². The first-order chi connectivity index (χ1) is 15.5. The minimum atomic E-state index is -0.571. The molecule has 4 aromatic rings. The van der Waals surface area contributed by atoms with E-state index in [0.29, 0.717) is 28.2 Å². The fourth-order valence-electron chi connectivity index (χ4n) is 3.39. The van der Waals surface area contributed by atoms with Crippen LogP contribution in [0.2, 0.25) is 0 Å². The van der Waals surface area contributed by atoms with Gasteiger partial charge in [0.15, 0.2) is 11.4 Å². The second kappa shape index (κ2) is 7.59. The number of anilines is 1. The average Bonchev–Trinajstić information content (AvgIpc) is 3.07. The molecule has 156 valence electrons. The molecule has 0 unspecified atom stereocenters. The zero-order valence-electron chi connectivity index (χ0n) is 16.8. The van der Waals surface area contributed by atoms with E-state index in [1.54, 1.807) is 55.6 Å². The summed E-state index contributed by atoms with van der Waals surface area (Å²) in [5.74, 6) is -0.677. The van der Waals surface area contributed by atoms with E-state index in [1.807, 2.05) is 0 Å². The third-order valence-corrected chi connectivity index (χ3v) is 5.01. The van der Waals surface area contributed by atoms with E-state index >= 15 is 0 Å². The molecule has 0 bridgehead atoms. The number of amides is 2. The van der Waals surface area contributed by atoms with Crippen LogP contribution in [0, 0.1) is 0 Å². The average molecular weight is 425 g/mol. The van der Waals surface area contributed by atoms with Crippen LogP contribution in [0.4, 0.5) is 5.69 Å². The van der Waals surface area contributed by atoms with Gasteiger partial charge in [0.1, 0.15) is 11.5 Å². The van der Waals surface area contributed by atoms with Crippen LogP contribution >= 0.6 is 0 Å². The van der Waals surface area contributed by atoms with E-state index in [2.05, 4.69) is 9.97 Å². The van der Waals surface area contributed by atoms with E-state index in [0.717, 1.165) is 4.90 Å². The van der Waals surface area contributed by atoms with Crippen molar-refractivity contribution in [3.05, 3.63) is 89.7 Å². The molecule has 0 spiro atoms. The molecule has 5 rings (SSSR count). The maximum atomic E-state index is 12.9. The number of carbonyl (C=O) groups is 3. The van der Waals surface area contributed by atoms with Crippen LogP contribution in [-0.2, 0) is 0 Å². The molecule has 0 radical (unpaired) electrons. The van der Waals surface area contributed by atoms with Crippen molar-refractivity contribution in [1.82, 2.24) is 9.97 Å². The molecule has 8 heteroatoms. The molecule has 3 aromatic carbocycles. The number of hydrogen-bond donors (Lipinski definition) is 0. The molecule has 1 aliphatic rings. The number of methoxy groups -OCH3 is 1. The Morgan fingerprint density at radius 3 is 1.81 bits per heavy atom. The number of ether oxygens (including phenoxy) is 2. The van der Waals surface area contributed by atoms with E-state index in [9.17, 15) is 14.4 Å². The predicted molar refractivity (Wildman–Crippen MR) is 115 cm³/mol. The largest absolute Gasteiger partial charge is 0.497 e. The van der Waals surface area contributed by atoms with Crippen molar-refractivity contribution >= 4 is 34.5 Å². The second-order valence-electron chi connectivity index (χ2n) is 6.97. The lowest BCUT2D eigenvalue weighted by atomic mass is 10.2. The molecule has 0 saturated carbocycles. The van der Waals surface area contributed by atoms with Gasteiger partial charge in [0, 0.05) is 0 Å². The molecule has 0 aliphatic carbocycles. The SMILES string of the molecule is COc1ccc(OC(=O)c2ccc(N3C(=O)c4nc5ccccc5nc4C3=O)cc2)cc1. The van der Waals surface area contributed by atoms with Crippen molar-refractivity contribution in [2.24, 2.45) is 0 Å². The summed E-state index contributed by atoms with van der Waals surface area (Å²) in [5, 5.41) is 0. The molecule has 32 heavy (non-hydrogen) atoms. The Morgan fingerprint density at radius 1 is 0.750 bits per heavy atom. The number of rotatable bonds is 4. The third kappa shape index (κ3) is 3.24. The van der Waals surface area contributed by atoms with Crippen LogP contribution in [0.15, 0.2) is 72.8 Å². The first-order valence-corrected chi connectivity index (χ1v) is 9.67. The quantitative estimate of drug-likeness (QED) is 0.280. The fourth-order valence-corrected chi connectivity index (χ4v) is 3.39. The fraction of sp³-hybridized carbons (Fsp3) is 0.0417. The molecule has 1 aliphatic heterocycles. The van der Waals surface area contributed by atoms with Crippen LogP contribution in [0.3, 0.4) is 0 Å². The first kappa shape index (κ1) is 19.4. The van der Waals surface area contributed by atoms with Gasteiger partial charge in [0.05, 0.1) is 29.4 Å². The predicted octanol–water partition coefficient (Wildman–Crippen LogP) is 3.66. The van der Waals surface area contributed by atoms with E-state index in [1.165, 1.54) is 24.3 Å². The number of fused-ring (bicyclic) bond motifs is 2. The Morgan fingerprint density at radius 2 is 1.28 bits per heavy atom. The van der Waals surface area contributed by atoms with Gasteiger partial charge in [-0.1, -0.05) is 12.1 Å². The normalized spacial score (nSPS) is 12.7. The molecular weight excluding hydrogens is 410 g/mol. The van der Waals surface area contributed by atoms with Crippen LogP contribution in [0.5, 0.6) is 11.5 Å². The molecule has 0 saturated heterocycles. The van der Waals surface area contributed by atoms with Gasteiger partial charge in [-0.05, 0) is 60.7 Å². The smallest absolute Gasteiger partial charge is 0.343 e. The standard InChI is InChI=1S/C24H15N3O5/c1-31-16-10-12-17(13-11-16)32-24(30)14-6-8-15(9-7-14)27-22(28)20-21(23(27)29)26-19-5-3-2-4-18(19)25-20/h2-13H,1H3. The summed E-state index contributed by atoms with van der Waals surface area (Å²) < 4.78 is 10.4. The van der Waals surface area contributed by atoms with Gasteiger partial charge >= 0.3 is 5.97 Å². The van der Waals surface area contributed by atoms with Gasteiger partial charge in [-0.15, -0.1) is 0 Å². The van der Waals surface area contributed by atoms with Crippen LogP contribution in [0.25, 0.3) is 11.0 Å². The van der Waals surface area contributed by atoms with Gasteiger partial charge in [-0.25, -0.2) is 19.7 Å². The highest BCUT2D eigenvalue weighted by Gasteiger charge is 2.40. The summed E-state index contributed by atoms with van der Waals surface area (Å²) in [6.45, 7) is 0. The maximum Gasteiger partial charge on any atom is 0.343 e. The molecule has 2 amide bonds. The summed E-state index contributed by atoms with van der Waals surface area (Å²) in [7, 11) is 1.55. The Hall–Kier alpha value is -4.59. The molecule has 2 heterocycles. The van der Waals surface area contributed by atoms with Gasteiger partial charge in [0.2, 0.25) is 0 Å². The van der Waals surface area contributed by atoms with Crippen molar-refractivity contribution in [1.29, 1.82) is 0 Å². The van der Waals surface area contributed by atoms with E-state index < -0.39 is 17.8 Å². The van der Waals surface area contributed by atoms with Gasteiger partial charge < -0.3 is 9.47 Å². The highest BCUT2D eigenvalue weighted by molar-refractivity contribution is 6.33. The minimum Gasteiger partial charge on any atom is -0.497 e. The minimum absolute atomic E-state index is 0.0108. The molecule has 1 aromatic heterocycles. The summed E-state index contributed by atoms with van der Waals surface area (Å²) in [5.41, 5.74) is 1.66. The number of esters is 1. The Labute approximate surface area is 182 Å². The Kier molecular flexibility index (Phi) is 4.59. The summed E-state index contributed by atoms with van der Waals surface area (Å²) >= 11 is 0. The molecule has 0 N–H and O–H groups in total. The molecule has 8 nitrogen and oxygen atoms in total. The van der Waals surface area contributed by atoms with Crippen molar-refractivity contribution in [3.8, 4) is 11.5 Å². The van der Waals surface area contributed by atoms with Crippen molar-refractivity contribution in [2.75, 3.05) is 12.0 Å². The molecular formula is C24H15N3O5. The van der Waals surface area contributed by atoms with Gasteiger partial charge in [-0.3, -0.25) is 9.59 Å². The second-order valence-corrected chi connectivity index (χ2v) is 6.97. The highest BCUT2D eigenvalue weighted by Crippen LogP contribution is 2.28. The van der Waals surface area contributed by atoms with Crippen LogP contribution in [-0.4, -0.2) is 34.9 Å². The topological polar surface area (TPSA) is 98.7 Å². The number of benzene rings is 3. The van der Waals surface area contributed by atoms with Crippen molar-refractivity contribution < 1.29 is 23.9 Å². The number of carbonyl (C=O) groups excluding carboxylic acids is 3. The first-order valence-electron chi connectivity index (χ1n) is 9.67. The van der Waals surface area contributed by atoms with Gasteiger partial charge in [-0.2, -0.15) is 0 Å². The van der Waals surface area contributed by atoms with Gasteiger partial charge in [0.25, 0.3) is 11.8 Å². The lowest BCUT2D eigenvalue weighted by Gasteiger charge is -2.13. The third-order valence-electron chi connectivity index (χ3n) is 5.01. The molecule has 0 fully saturated rings. The summed E-state index contributed by atoms with van der Waals surface area (Å²) in [6, 6.07) is 19.6.